The molecule has 0 saturated heterocycles. The fourth-order valence-corrected chi connectivity index (χ4v) is 5.03. The van der Waals surface area contributed by atoms with Crippen LogP contribution in [-0.4, -0.2) is 43.7 Å². The number of aryl methyl sites for hydroxylation is 1. The lowest BCUT2D eigenvalue weighted by atomic mass is 9.72. The molecule has 1 amide bonds. The summed E-state index contributed by atoms with van der Waals surface area (Å²) in [6.07, 6.45) is 5.40. The molecule has 1 atom stereocenters. The third-order valence-corrected chi connectivity index (χ3v) is 6.60. The monoisotopic (exact) mass is 387 g/mol. The molecule has 0 saturated carbocycles. The van der Waals surface area contributed by atoms with Gasteiger partial charge in [0.15, 0.2) is 5.65 Å². The van der Waals surface area contributed by atoms with E-state index < -0.39 is 0 Å². The van der Waals surface area contributed by atoms with Gasteiger partial charge in [0.05, 0.1) is 5.39 Å². The fraction of sp³-hybridized carbons (Fsp3) is 0.579. The number of fused-ring (bicyclic) bond motifs is 5. The molecule has 0 radical (unpaired) electrons. The van der Waals surface area contributed by atoms with E-state index in [2.05, 4.69) is 41.2 Å². The Morgan fingerprint density at radius 3 is 3.00 bits per heavy atom. The molecular weight excluding hydrogens is 362 g/mol. The van der Waals surface area contributed by atoms with Crippen LogP contribution in [0.1, 0.15) is 54.7 Å². The van der Waals surface area contributed by atoms with Gasteiger partial charge >= 0.3 is 0 Å². The normalized spacial score (nSPS) is 17.4. The first-order valence-electron chi connectivity index (χ1n) is 9.43. The van der Waals surface area contributed by atoms with Gasteiger partial charge < -0.3 is 10.4 Å². The summed E-state index contributed by atoms with van der Waals surface area (Å²) < 4.78 is 1.60. The standard InChI is InChI=1S/C19H25N5O2S/c1-19(2,3)11-5-6-12-13(9-11)27-18-14(12)16-22-15(23-24(16)10-21-18)17(26)20-7-4-8-25/h10-11,25H,4-9H2,1-3H3,(H,20,26)/t11-/m1/s1. The molecular formula is C19H25N5O2S. The summed E-state index contributed by atoms with van der Waals surface area (Å²) in [7, 11) is 0. The van der Waals surface area contributed by atoms with Crippen LogP contribution in [0.25, 0.3) is 15.9 Å². The number of rotatable bonds is 4. The summed E-state index contributed by atoms with van der Waals surface area (Å²) in [5, 5.41) is 16.9. The maximum Gasteiger partial charge on any atom is 0.290 e. The topological polar surface area (TPSA) is 92.4 Å². The molecule has 2 N–H and O–H groups in total. The van der Waals surface area contributed by atoms with E-state index in [1.807, 2.05) is 0 Å². The van der Waals surface area contributed by atoms with Gasteiger partial charge in [0.1, 0.15) is 11.2 Å². The van der Waals surface area contributed by atoms with E-state index >= 15 is 0 Å². The van der Waals surface area contributed by atoms with Gasteiger partial charge in [0.2, 0.25) is 5.82 Å². The highest BCUT2D eigenvalue weighted by Gasteiger charge is 2.32. The summed E-state index contributed by atoms with van der Waals surface area (Å²) >= 11 is 1.75. The second kappa shape index (κ2) is 6.83. The van der Waals surface area contributed by atoms with Crippen molar-refractivity contribution in [3.63, 3.8) is 0 Å². The number of hydrogen-bond acceptors (Lipinski definition) is 6. The maximum absolute atomic E-state index is 12.3. The zero-order valence-corrected chi connectivity index (χ0v) is 16.8. The first-order valence-corrected chi connectivity index (χ1v) is 10.2. The number of nitrogens with zero attached hydrogens (tertiary/aromatic N) is 4. The maximum atomic E-state index is 12.3. The molecule has 1 aliphatic carbocycles. The van der Waals surface area contributed by atoms with Gasteiger partial charge in [0, 0.05) is 18.0 Å². The fourth-order valence-electron chi connectivity index (χ4n) is 3.77. The quantitative estimate of drug-likeness (QED) is 0.671. The number of nitrogens with one attached hydrogen (secondary N) is 1. The zero-order chi connectivity index (χ0) is 19.2. The summed E-state index contributed by atoms with van der Waals surface area (Å²) in [6, 6.07) is 0. The Morgan fingerprint density at radius 1 is 1.44 bits per heavy atom. The Hall–Kier alpha value is -2.06. The Labute approximate surface area is 161 Å². The molecule has 27 heavy (non-hydrogen) atoms. The summed E-state index contributed by atoms with van der Waals surface area (Å²) in [5.74, 6) is 0.488. The molecule has 3 aromatic heterocycles. The minimum absolute atomic E-state index is 0.0417. The second-order valence-electron chi connectivity index (χ2n) is 8.27. The molecule has 144 valence electrons. The van der Waals surface area contributed by atoms with E-state index in [1.54, 1.807) is 22.2 Å². The number of hydrogen-bond donors (Lipinski definition) is 2. The van der Waals surface area contributed by atoms with Crippen molar-refractivity contribution >= 4 is 33.1 Å². The predicted octanol–water partition coefficient (Wildman–Crippen LogP) is 2.60. The van der Waals surface area contributed by atoms with E-state index in [0.29, 0.717) is 29.9 Å². The van der Waals surface area contributed by atoms with Crippen LogP contribution >= 0.6 is 11.3 Å². The van der Waals surface area contributed by atoms with Crippen LogP contribution in [0.4, 0.5) is 0 Å². The van der Waals surface area contributed by atoms with E-state index in [4.69, 9.17) is 5.11 Å². The van der Waals surface area contributed by atoms with Crippen molar-refractivity contribution < 1.29 is 9.90 Å². The largest absolute Gasteiger partial charge is 0.396 e. The van der Waals surface area contributed by atoms with Crippen LogP contribution in [-0.2, 0) is 12.8 Å². The summed E-state index contributed by atoms with van der Waals surface area (Å²) in [6.45, 7) is 7.38. The van der Waals surface area contributed by atoms with Crippen LogP contribution in [0.15, 0.2) is 6.33 Å². The lowest BCUT2D eigenvalue weighted by molar-refractivity contribution is 0.0941. The van der Waals surface area contributed by atoms with Crippen molar-refractivity contribution in [1.82, 2.24) is 24.9 Å². The highest BCUT2D eigenvalue weighted by Crippen LogP contribution is 2.43. The highest BCUT2D eigenvalue weighted by molar-refractivity contribution is 7.19. The van der Waals surface area contributed by atoms with Crippen molar-refractivity contribution in [2.75, 3.05) is 13.2 Å². The number of aliphatic hydroxyl groups is 1. The van der Waals surface area contributed by atoms with Gasteiger partial charge in [-0.1, -0.05) is 20.8 Å². The molecule has 0 aliphatic heterocycles. The lowest BCUT2D eigenvalue weighted by Gasteiger charge is -2.33. The number of thiophene rings is 1. The van der Waals surface area contributed by atoms with E-state index in [1.165, 1.54) is 10.4 Å². The number of aliphatic hydroxyl groups excluding tert-OH is 1. The average Bonchev–Trinajstić information content (AvgIpc) is 3.21. The summed E-state index contributed by atoms with van der Waals surface area (Å²) in [5.41, 5.74) is 2.33. The van der Waals surface area contributed by atoms with Crippen LogP contribution in [0.3, 0.4) is 0 Å². The van der Waals surface area contributed by atoms with E-state index in [0.717, 1.165) is 29.5 Å². The minimum atomic E-state index is -0.322. The van der Waals surface area contributed by atoms with E-state index in [9.17, 15) is 4.79 Å². The lowest BCUT2D eigenvalue weighted by Crippen LogP contribution is -2.26. The van der Waals surface area contributed by atoms with Gasteiger partial charge in [-0.05, 0) is 42.6 Å². The molecule has 1 aliphatic rings. The molecule has 0 unspecified atom stereocenters. The summed E-state index contributed by atoms with van der Waals surface area (Å²) in [4.78, 5) is 23.7. The van der Waals surface area contributed by atoms with Crippen LogP contribution in [0, 0.1) is 11.3 Å². The Morgan fingerprint density at radius 2 is 2.26 bits per heavy atom. The molecule has 3 heterocycles. The Balaban J connectivity index is 1.72. The van der Waals surface area contributed by atoms with Gasteiger partial charge in [-0.3, -0.25) is 4.79 Å². The van der Waals surface area contributed by atoms with Gasteiger partial charge in [0.25, 0.3) is 5.91 Å². The van der Waals surface area contributed by atoms with Crippen molar-refractivity contribution in [3.05, 3.63) is 22.6 Å². The van der Waals surface area contributed by atoms with Crippen molar-refractivity contribution in [2.45, 2.75) is 46.5 Å². The minimum Gasteiger partial charge on any atom is -0.396 e. The third-order valence-electron chi connectivity index (χ3n) is 5.43. The third kappa shape index (κ3) is 3.32. The molecule has 0 bridgehead atoms. The predicted molar refractivity (Wildman–Crippen MR) is 105 cm³/mol. The number of carbonyl (C=O) groups is 1. The molecule has 0 aromatic carbocycles. The average molecular weight is 388 g/mol. The number of carbonyl (C=O) groups excluding carboxylic acids is 1. The number of aromatic nitrogens is 4. The van der Waals surface area contributed by atoms with Crippen molar-refractivity contribution in [1.29, 1.82) is 0 Å². The van der Waals surface area contributed by atoms with Crippen molar-refractivity contribution in [2.24, 2.45) is 11.3 Å². The molecule has 8 heteroatoms. The smallest absolute Gasteiger partial charge is 0.290 e. The first-order chi connectivity index (χ1) is 12.9. The van der Waals surface area contributed by atoms with Crippen LogP contribution < -0.4 is 5.32 Å². The van der Waals surface area contributed by atoms with Crippen LogP contribution in [0.2, 0.25) is 0 Å². The SMILES string of the molecule is CC(C)(C)[C@@H]1CCc2c(sc3ncn4nc(C(=O)NCCCO)nc4c23)C1. The molecule has 0 fully saturated rings. The molecule has 3 aromatic rings. The highest BCUT2D eigenvalue weighted by atomic mass is 32.1. The zero-order valence-electron chi connectivity index (χ0n) is 15.9. The van der Waals surface area contributed by atoms with Gasteiger partial charge in [-0.2, -0.15) is 0 Å². The Bertz CT molecular complexity index is 1000. The van der Waals surface area contributed by atoms with Gasteiger partial charge in [-0.25, -0.2) is 14.5 Å². The first kappa shape index (κ1) is 18.3. The Kier molecular flexibility index (Phi) is 4.63. The van der Waals surface area contributed by atoms with E-state index in [-0.39, 0.29) is 18.3 Å². The van der Waals surface area contributed by atoms with Crippen LogP contribution in [0.5, 0.6) is 0 Å². The molecule has 4 rings (SSSR count). The molecule has 7 nitrogen and oxygen atoms in total. The molecule has 0 spiro atoms. The number of amides is 1. The van der Waals surface area contributed by atoms with Gasteiger partial charge in [-0.15, -0.1) is 16.4 Å². The van der Waals surface area contributed by atoms with Crippen molar-refractivity contribution in [3.8, 4) is 0 Å². The second-order valence-corrected chi connectivity index (χ2v) is 9.35.